The van der Waals surface area contributed by atoms with Crippen LogP contribution in [-0.4, -0.2) is 72.5 Å². The lowest BCUT2D eigenvalue weighted by Gasteiger charge is -2.40. The van der Waals surface area contributed by atoms with Crippen LogP contribution in [0.1, 0.15) is 47.0 Å². The Labute approximate surface area is 136 Å². The van der Waals surface area contributed by atoms with Crippen molar-refractivity contribution in [2.75, 3.05) is 45.8 Å². The van der Waals surface area contributed by atoms with Crippen molar-refractivity contribution in [3.8, 4) is 0 Å². The Kier molecular flexibility index (Phi) is 6.69. The standard InChI is InChI=1S/C18H35N3O/c1-15(2)12-17-13-19(14-17)7-5-6-18(22)21-10-8-20(9-11-21)16(3)4/h15-17H,5-14H2,1-4H3. The number of nitrogens with zero attached hydrogens (tertiary/aromatic N) is 3. The van der Waals surface area contributed by atoms with Gasteiger partial charge in [0.2, 0.25) is 5.91 Å². The molecule has 1 amide bonds. The van der Waals surface area contributed by atoms with Gasteiger partial charge in [0, 0.05) is 51.7 Å². The summed E-state index contributed by atoms with van der Waals surface area (Å²) in [7, 11) is 0. The van der Waals surface area contributed by atoms with Crippen molar-refractivity contribution in [2.45, 2.75) is 53.0 Å². The highest BCUT2D eigenvalue weighted by Crippen LogP contribution is 2.23. The summed E-state index contributed by atoms with van der Waals surface area (Å²) in [5.41, 5.74) is 0. The van der Waals surface area contributed by atoms with Crippen molar-refractivity contribution in [3.63, 3.8) is 0 Å². The number of piperazine rings is 1. The minimum atomic E-state index is 0.364. The van der Waals surface area contributed by atoms with Crippen LogP contribution in [-0.2, 0) is 4.79 Å². The van der Waals surface area contributed by atoms with E-state index in [4.69, 9.17) is 0 Å². The molecule has 0 aromatic heterocycles. The van der Waals surface area contributed by atoms with E-state index in [1.807, 2.05) is 0 Å². The summed E-state index contributed by atoms with van der Waals surface area (Å²) in [6.07, 6.45) is 3.11. The van der Waals surface area contributed by atoms with E-state index in [-0.39, 0.29) is 0 Å². The van der Waals surface area contributed by atoms with Gasteiger partial charge in [0.05, 0.1) is 0 Å². The fourth-order valence-electron chi connectivity index (χ4n) is 3.77. The molecule has 22 heavy (non-hydrogen) atoms. The number of hydrogen-bond acceptors (Lipinski definition) is 3. The van der Waals surface area contributed by atoms with Crippen molar-refractivity contribution < 1.29 is 4.79 Å². The van der Waals surface area contributed by atoms with Gasteiger partial charge in [-0.15, -0.1) is 0 Å². The quantitative estimate of drug-likeness (QED) is 0.722. The third-order valence-corrected chi connectivity index (χ3v) is 5.10. The van der Waals surface area contributed by atoms with Gasteiger partial charge >= 0.3 is 0 Å². The molecule has 0 aromatic rings. The molecule has 4 heteroatoms. The van der Waals surface area contributed by atoms with E-state index in [1.54, 1.807) is 0 Å². The van der Waals surface area contributed by atoms with Gasteiger partial charge < -0.3 is 9.80 Å². The number of carbonyl (C=O) groups is 1. The van der Waals surface area contributed by atoms with Crippen LogP contribution in [0.15, 0.2) is 0 Å². The monoisotopic (exact) mass is 309 g/mol. The van der Waals surface area contributed by atoms with E-state index in [1.165, 1.54) is 19.5 Å². The number of amides is 1. The Morgan fingerprint density at radius 2 is 1.68 bits per heavy atom. The van der Waals surface area contributed by atoms with E-state index >= 15 is 0 Å². The maximum atomic E-state index is 12.3. The van der Waals surface area contributed by atoms with Gasteiger partial charge in [-0.25, -0.2) is 0 Å². The van der Waals surface area contributed by atoms with E-state index in [9.17, 15) is 4.79 Å². The lowest BCUT2D eigenvalue weighted by Crippen LogP contribution is -2.51. The third-order valence-electron chi connectivity index (χ3n) is 5.10. The molecule has 128 valence electrons. The summed E-state index contributed by atoms with van der Waals surface area (Å²) in [4.78, 5) is 19.3. The van der Waals surface area contributed by atoms with Crippen molar-refractivity contribution in [1.82, 2.24) is 14.7 Å². The van der Waals surface area contributed by atoms with E-state index in [0.29, 0.717) is 11.9 Å². The molecule has 0 aromatic carbocycles. The molecule has 2 heterocycles. The predicted octanol–water partition coefficient (Wildman–Crippen LogP) is 2.30. The average molecular weight is 309 g/mol. The molecule has 0 unspecified atom stereocenters. The molecule has 2 aliphatic heterocycles. The first kappa shape index (κ1) is 17.7. The van der Waals surface area contributed by atoms with Crippen LogP contribution in [0.4, 0.5) is 0 Å². The SMILES string of the molecule is CC(C)CC1CN(CCCC(=O)N2CCN(C(C)C)CC2)C1. The van der Waals surface area contributed by atoms with Crippen molar-refractivity contribution >= 4 is 5.91 Å². The highest BCUT2D eigenvalue weighted by Gasteiger charge is 2.27. The zero-order chi connectivity index (χ0) is 16.1. The van der Waals surface area contributed by atoms with Crippen LogP contribution in [0, 0.1) is 11.8 Å². The molecule has 0 bridgehead atoms. The Hall–Kier alpha value is -0.610. The molecule has 0 saturated carbocycles. The van der Waals surface area contributed by atoms with E-state index in [0.717, 1.165) is 57.4 Å². The summed E-state index contributed by atoms with van der Waals surface area (Å²) in [6.45, 7) is 16.6. The zero-order valence-corrected chi connectivity index (χ0v) is 15.1. The van der Waals surface area contributed by atoms with Crippen molar-refractivity contribution in [1.29, 1.82) is 0 Å². The van der Waals surface area contributed by atoms with Crippen LogP contribution in [0.25, 0.3) is 0 Å². The second-order valence-electron chi connectivity index (χ2n) is 7.87. The molecular weight excluding hydrogens is 274 g/mol. The molecule has 2 aliphatic rings. The van der Waals surface area contributed by atoms with Crippen LogP contribution in [0.3, 0.4) is 0 Å². The van der Waals surface area contributed by atoms with Gasteiger partial charge in [-0.05, 0) is 45.1 Å². The first-order chi connectivity index (χ1) is 10.5. The second kappa shape index (κ2) is 8.30. The maximum Gasteiger partial charge on any atom is 0.222 e. The molecule has 2 rings (SSSR count). The third kappa shape index (κ3) is 5.24. The van der Waals surface area contributed by atoms with Crippen LogP contribution in [0.5, 0.6) is 0 Å². The second-order valence-corrected chi connectivity index (χ2v) is 7.87. The zero-order valence-electron chi connectivity index (χ0n) is 15.1. The van der Waals surface area contributed by atoms with Gasteiger partial charge in [-0.1, -0.05) is 13.8 Å². The molecule has 2 fully saturated rings. The lowest BCUT2D eigenvalue weighted by molar-refractivity contribution is -0.133. The molecule has 0 N–H and O–H groups in total. The lowest BCUT2D eigenvalue weighted by atomic mass is 9.90. The van der Waals surface area contributed by atoms with Crippen LogP contribution < -0.4 is 0 Å². The minimum Gasteiger partial charge on any atom is -0.340 e. The number of likely N-dealkylation sites (tertiary alicyclic amines) is 1. The maximum absolute atomic E-state index is 12.3. The van der Waals surface area contributed by atoms with Gasteiger partial charge in [0.1, 0.15) is 0 Å². The highest BCUT2D eigenvalue weighted by atomic mass is 16.2. The van der Waals surface area contributed by atoms with Crippen molar-refractivity contribution in [2.24, 2.45) is 11.8 Å². The normalized spacial score (nSPS) is 21.6. The first-order valence-corrected chi connectivity index (χ1v) is 9.20. The molecule has 0 radical (unpaired) electrons. The summed E-state index contributed by atoms with van der Waals surface area (Å²) in [5, 5.41) is 0. The summed E-state index contributed by atoms with van der Waals surface area (Å²) >= 11 is 0. The van der Waals surface area contributed by atoms with Crippen LogP contribution >= 0.6 is 0 Å². The molecule has 2 saturated heterocycles. The van der Waals surface area contributed by atoms with E-state index < -0.39 is 0 Å². The first-order valence-electron chi connectivity index (χ1n) is 9.20. The summed E-state index contributed by atoms with van der Waals surface area (Å²) in [6, 6.07) is 0.599. The molecule has 0 aliphatic carbocycles. The number of hydrogen-bond donors (Lipinski definition) is 0. The van der Waals surface area contributed by atoms with Crippen molar-refractivity contribution in [3.05, 3.63) is 0 Å². The Morgan fingerprint density at radius 1 is 1.05 bits per heavy atom. The van der Waals surface area contributed by atoms with Crippen LogP contribution in [0.2, 0.25) is 0 Å². The average Bonchev–Trinajstić information content (AvgIpc) is 2.44. The van der Waals surface area contributed by atoms with Gasteiger partial charge in [-0.3, -0.25) is 9.69 Å². The van der Waals surface area contributed by atoms with E-state index in [2.05, 4.69) is 42.4 Å². The van der Waals surface area contributed by atoms with Gasteiger partial charge in [-0.2, -0.15) is 0 Å². The summed E-state index contributed by atoms with van der Waals surface area (Å²) in [5.74, 6) is 2.08. The van der Waals surface area contributed by atoms with Gasteiger partial charge in [0.15, 0.2) is 0 Å². The molecule has 0 spiro atoms. The number of carbonyl (C=O) groups excluding carboxylic acids is 1. The fourth-order valence-corrected chi connectivity index (χ4v) is 3.77. The number of rotatable bonds is 7. The minimum absolute atomic E-state index is 0.364. The smallest absolute Gasteiger partial charge is 0.222 e. The highest BCUT2D eigenvalue weighted by molar-refractivity contribution is 5.76. The predicted molar refractivity (Wildman–Crippen MR) is 91.9 cm³/mol. The summed E-state index contributed by atoms with van der Waals surface area (Å²) < 4.78 is 0. The molecule has 4 nitrogen and oxygen atoms in total. The Balaban J connectivity index is 1.54. The topological polar surface area (TPSA) is 26.8 Å². The fraction of sp³-hybridized carbons (Fsp3) is 0.944. The molecule has 0 atom stereocenters. The Morgan fingerprint density at radius 3 is 2.23 bits per heavy atom. The molecular formula is C18H35N3O. The van der Waals surface area contributed by atoms with Gasteiger partial charge in [0.25, 0.3) is 0 Å². The largest absolute Gasteiger partial charge is 0.340 e. The Bertz CT molecular complexity index is 342.